The zero-order valence-corrected chi connectivity index (χ0v) is 8.51. The monoisotopic (exact) mass is 185 g/mol. The molecule has 1 atom stereocenters. The van der Waals surface area contributed by atoms with Gasteiger partial charge in [-0.1, -0.05) is 25.1 Å². The molecule has 14 heavy (non-hydrogen) atoms. The van der Waals surface area contributed by atoms with Gasteiger partial charge >= 0.3 is 0 Å². The van der Waals surface area contributed by atoms with E-state index in [2.05, 4.69) is 36.2 Å². The van der Waals surface area contributed by atoms with Crippen LogP contribution < -0.4 is 0 Å². The molecular formula is C13H15N. The first-order valence-corrected chi connectivity index (χ1v) is 5.46. The van der Waals surface area contributed by atoms with Crippen LogP contribution in [0.15, 0.2) is 24.3 Å². The third kappa shape index (κ3) is 1.02. The number of aromatic nitrogens is 1. The molecule has 1 unspecified atom stereocenters. The maximum absolute atomic E-state index is 3.55. The Kier molecular flexibility index (Phi) is 1.66. The predicted molar refractivity (Wildman–Crippen MR) is 59.7 cm³/mol. The molecule has 0 radical (unpaired) electrons. The van der Waals surface area contributed by atoms with Crippen LogP contribution in [-0.4, -0.2) is 4.98 Å². The molecule has 1 nitrogen and oxygen atoms in total. The highest BCUT2D eigenvalue weighted by molar-refractivity contribution is 5.85. The molecule has 0 spiro atoms. The highest BCUT2D eigenvalue weighted by Crippen LogP contribution is 2.36. The molecule has 0 aliphatic heterocycles. The minimum absolute atomic E-state index is 0.731. The topological polar surface area (TPSA) is 15.8 Å². The van der Waals surface area contributed by atoms with Crippen molar-refractivity contribution in [2.75, 3.05) is 0 Å². The Morgan fingerprint density at radius 3 is 3.07 bits per heavy atom. The maximum Gasteiger partial charge on any atom is 0.0459 e. The highest BCUT2D eigenvalue weighted by atomic mass is 14.7. The van der Waals surface area contributed by atoms with Gasteiger partial charge in [-0.2, -0.15) is 0 Å². The lowest BCUT2D eigenvalue weighted by Gasteiger charge is -2.18. The average molecular weight is 185 g/mol. The molecule has 1 heterocycles. The highest BCUT2D eigenvalue weighted by Gasteiger charge is 2.20. The number of para-hydroxylation sites is 1. The van der Waals surface area contributed by atoms with E-state index < -0.39 is 0 Å². The predicted octanol–water partition coefficient (Wildman–Crippen LogP) is 3.61. The third-order valence-corrected chi connectivity index (χ3v) is 3.38. The van der Waals surface area contributed by atoms with Crippen LogP contribution in [0.25, 0.3) is 10.9 Å². The second kappa shape index (κ2) is 2.88. The Balaban J connectivity index is 2.34. The summed E-state index contributed by atoms with van der Waals surface area (Å²) in [5, 5.41) is 1.44. The van der Waals surface area contributed by atoms with Gasteiger partial charge in [-0.25, -0.2) is 0 Å². The molecule has 3 rings (SSSR count). The minimum atomic E-state index is 0.731. The number of hydrogen-bond acceptors (Lipinski definition) is 0. The Bertz CT molecular complexity index is 467. The summed E-state index contributed by atoms with van der Waals surface area (Å²) in [6.07, 6.45) is 3.91. The summed E-state index contributed by atoms with van der Waals surface area (Å²) >= 11 is 0. The summed E-state index contributed by atoms with van der Waals surface area (Å²) in [5.41, 5.74) is 4.36. The second-order valence-corrected chi connectivity index (χ2v) is 4.36. The van der Waals surface area contributed by atoms with Crippen molar-refractivity contribution in [3.63, 3.8) is 0 Å². The smallest absolute Gasteiger partial charge is 0.0459 e. The molecule has 0 bridgehead atoms. The van der Waals surface area contributed by atoms with E-state index >= 15 is 0 Å². The van der Waals surface area contributed by atoms with E-state index in [1.807, 2.05) is 0 Å². The molecule has 72 valence electrons. The van der Waals surface area contributed by atoms with Crippen molar-refractivity contribution in [3.05, 3.63) is 35.5 Å². The van der Waals surface area contributed by atoms with Gasteiger partial charge in [0.15, 0.2) is 0 Å². The largest absolute Gasteiger partial charge is 0.358 e. The zero-order valence-electron chi connectivity index (χ0n) is 8.51. The van der Waals surface area contributed by atoms with E-state index in [1.54, 1.807) is 5.56 Å². The summed E-state index contributed by atoms with van der Waals surface area (Å²) in [6, 6.07) is 8.67. The molecule has 0 saturated carbocycles. The molecular weight excluding hydrogens is 170 g/mol. The lowest BCUT2D eigenvalue weighted by molar-refractivity contribution is 0.589. The molecule has 1 aromatic heterocycles. The summed E-state index contributed by atoms with van der Waals surface area (Å²) in [5.74, 6) is 0.731. The summed E-state index contributed by atoms with van der Waals surface area (Å²) < 4.78 is 0. The number of hydrogen-bond donors (Lipinski definition) is 1. The molecule has 0 amide bonds. The minimum Gasteiger partial charge on any atom is -0.358 e. The van der Waals surface area contributed by atoms with Crippen molar-refractivity contribution < 1.29 is 0 Å². The zero-order chi connectivity index (χ0) is 9.54. The van der Waals surface area contributed by atoms with Crippen molar-refractivity contribution in [1.29, 1.82) is 0 Å². The number of nitrogens with one attached hydrogen (secondary N) is 1. The molecule has 1 aliphatic carbocycles. The number of rotatable bonds is 0. The van der Waals surface area contributed by atoms with Crippen LogP contribution >= 0.6 is 0 Å². The summed E-state index contributed by atoms with van der Waals surface area (Å²) in [6.45, 7) is 2.35. The molecule has 1 aromatic carbocycles. The van der Waals surface area contributed by atoms with E-state index in [1.165, 1.54) is 35.9 Å². The van der Waals surface area contributed by atoms with Gasteiger partial charge in [-0.3, -0.25) is 0 Å². The van der Waals surface area contributed by atoms with Gasteiger partial charge in [-0.05, 0) is 36.8 Å². The first-order chi connectivity index (χ1) is 6.86. The molecule has 1 N–H and O–H groups in total. The van der Waals surface area contributed by atoms with Gasteiger partial charge in [0.05, 0.1) is 0 Å². The lowest BCUT2D eigenvalue weighted by atomic mass is 9.87. The first-order valence-electron chi connectivity index (χ1n) is 5.46. The number of aryl methyl sites for hydroxylation is 1. The van der Waals surface area contributed by atoms with Crippen LogP contribution in [0.2, 0.25) is 0 Å². The Labute approximate surface area is 84.1 Å². The van der Waals surface area contributed by atoms with Crippen LogP contribution in [0, 0.1) is 0 Å². The average Bonchev–Trinajstić information content (AvgIpc) is 2.57. The standard InChI is InChI=1S/C13H15N/c1-9-5-4-8-12-13(9)10-6-2-3-7-11(10)14-12/h2-3,6-7,9,14H,4-5,8H2,1H3. The van der Waals surface area contributed by atoms with Gasteiger partial charge in [0.1, 0.15) is 0 Å². The quantitative estimate of drug-likeness (QED) is 0.645. The molecule has 2 aromatic rings. The van der Waals surface area contributed by atoms with Crippen LogP contribution in [0.3, 0.4) is 0 Å². The molecule has 1 aliphatic rings. The van der Waals surface area contributed by atoms with Crippen LogP contribution in [-0.2, 0) is 6.42 Å². The van der Waals surface area contributed by atoms with Gasteiger partial charge in [-0.15, -0.1) is 0 Å². The van der Waals surface area contributed by atoms with E-state index in [0.29, 0.717) is 0 Å². The number of aromatic amines is 1. The normalized spacial score (nSPS) is 21.1. The molecule has 0 saturated heterocycles. The summed E-state index contributed by atoms with van der Waals surface area (Å²) in [4.78, 5) is 3.55. The maximum atomic E-state index is 3.55. The van der Waals surface area contributed by atoms with Crippen molar-refractivity contribution in [2.45, 2.75) is 32.1 Å². The molecule has 1 heteroatoms. The van der Waals surface area contributed by atoms with Crippen molar-refractivity contribution in [3.8, 4) is 0 Å². The first kappa shape index (κ1) is 8.10. The fourth-order valence-corrected chi connectivity index (χ4v) is 2.71. The van der Waals surface area contributed by atoms with E-state index in [9.17, 15) is 0 Å². The lowest BCUT2D eigenvalue weighted by Crippen LogP contribution is -2.04. The fourth-order valence-electron chi connectivity index (χ4n) is 2.71. The van der Waals surface area contributed by atoms with E-state index in [0.717, 1.165) is 5.92 Å². The van der Waals surface area contributed by atoms with E-state index in [-0.39, 0.29) is 0 Å². The Morgan fingerprint density at radius 2 is 2.14 bits per heavy atom. The summed E-state index contributed by atoms with van der Waals surface area (Å²) in [7, 11) is 0. The fraction of sp³-hybridized carbons (Fsp3) is 0.385. The SMILES string of the molecule is CC1CCCc2[nH]c3ccccc3c21. The third-order valence-electron chi connectivity index (χ3n) is 3.38. The molecule has 0 fully saturated rings. The number of fused-ring (bicyclic) bond motifs is 3. The Morgan fingerprint density at radius 1 is 1.29 bits per heavy atom. The van der Waals surface area contributed by atoms with Gasteiger partial charge < -0.3 is 4.98 Å². The van der Waals surface area contributed by atoms with Crippen molar-refractivity contribution in [2.24, 2.45) is 0 Å². The van der Waals surface area contributed by atoms with Gasteiger partial charge in [0.2, 0.25) is 0 Å². The van der Waals surface area contributed by atoms with Gasteiger partial charge in [0, 0.05) is 16.6 Å². The van der Waals surface area contributed by atoms with Crippen molar-refractivity contribution in [1.82, 2.24) is 4.98 Å². The van der Waals surface area contributed by atoms with Crippen molar-refractivity contribution >= 4 is 10.9 Å². The van der Waals surface area contributed by atoms with Crippen LogP contribution in [0.5, 0.6) is 0 Å². The number of H-pyrrole nitrogens is 1. The van der Waals surface area contributed by atoms with Gasteiger partial charge in [0.25, 0.3) is 0 Å². The Hall–Kier alpha value is -1.24. The van der Waals surface area contributed by atoms with E-state index in [4.69, 9.17) is 0 Å². The van der Waals surface area contributed by atoms with Crippen LogP contribution in [0.4, 0.5) is 0 Å². The second-order valence-electron chi connectivity index (χ2n) is 4.36. The van der Waals surface area contributed by atoms with Crippen LogP contribution in [0.1, 0.15) is 36.9 Å². The number of benzene rings is 1.